The number of carbonyl (C=O) groups is 1. The van der Waals surface area contributed by atoms with Crippen LogP contribution < -0.4 is 10.1 Å². The molecule has 1 atom stereocenters. The molecule has 110 valence electrons. The lowest BCUT2D eigenvalue weighted by atomic mass is 9.97. The summed E-state index contributed by atoms with van der Waals surface area (Å²) in [5.41, 5.74) is 0.640. The molecule has 5 heteroatoms. The summed E-state index contributed by atoms with van der Waals surface area (Å²) in [5.74, 6) is 1.23. The van der Waals surface area contributed by atoms with E-state index in [-0.39, 0.29) is 5.91 Å². The van der Waals surface area contributed by atoms with Crippen LogP contribution in [0.4, 0.5) is 0 Å². The minimum atomic E-state index is 0.0650. The minimum absolute atomic E-state index is 0.0650. The monoisotopic (exact) mass is 340 g/mol. The van der Waals surface area contributed by atoms with Gasteiger partial charge in [0, 0.05) is 17.6 Å². The maximum Gasteiger partial charge on any atom is 0.257 e. The van der Waals surface area contributed by atoms with E-state index in [1.807, 2.05) is 30.1 Å². The SMILES string of the molecule is CNC[C@H]1CCCN(C(=O)c2ccc(Br)cc2OC)C1. The zero-order valence-electron chi connectivity index (χ0n) is 12.0. The summed E-state index contributed by atoms with van der Waals surface area (Å²) in [4.78, 5) is 14.6. The maximum absolute atomic E-state index is 12.7. The second kappa shape index (κ2) is 7.09. The van der Waals surface area contributed by atoms with Crippen LogP contribution in [0.5, 0.6) is 5.75 Å². The molecule has 0 radical (unpaired) electrons. The first-order valence-corrected chi connectivity index (χ1v) is 7.72. The number of amides is 1. The first-order valence-electron chi connectivity index (χ1n) is 6.93. The number of nitrogens with one attached hydrogen (secondary N) is 1. The Labute approximate surface area is 128 Å². The van der Waals surface area contributed by atoms with Crippen LogP contribution in [0.3, 0.4) is 0 Å². The molecule has 0 spiro atoms. The van der Waals surface area contributed by atoms with Crippen molar-refractivity contribution in [3.05, 3.63) is 28.2 Å². The van der Waals surface area contributed by atoms with Crippen molar-refractivity contribution in [3.63, 3.8) is 0 Å². The number of carbonyl (C=O) groups excluding carboxylic acids is 1. The van der Waals surface area contributed by atoms with E-state index < -0.39 is 0 Å². The molecule has 1 fully saturated rings. The highest BCUT2D eigenvalue weighted by Gasteiger charge is 2.25. The molecular formula is C15H21BrN2O2. The van der Waals surface area contributed by atoms with Crippen LogP contribution in [-0.4, -0.2) is 44.6 Å². The number of ether oxygens (including phenoxy) is 1. The van der Waals surface area contributed by atoms with Gasteiger partial charge in [-0.2, -0.15) is 0 Å². The largest absolute Gasteiger partial charge is 0.496 e. The van der Waals surface area contributed by atoms with Crippen LogP contribution in [0.15, 0.2) is 22.7 Å². The molecule has 1 aliphatic rings. The first-order chi connectivity index (χ1) is 9.65. The van der Waals surface area contributed by atoms with E-state index in [0.717, 1.165) is 30.5 Å². The lowest BCUT2D eigenvalue weighted by Crippen LogP contribution is -2.42. The number of benzene rings is 1. The van der Waals surface area contributed by atoms with Gasteiger partial charge in [-0.15, -0.1) is 0 Å². The van der Waals surface area contributed by atoms with Gasteiger partial charge in [0.1, 0.15) is 5.75 Å². The Morgan fingerprint density at radius 1 is 1.55 bits per heavy atom. The van der Waals surface area contributed by atoms with Crippen molar-refractivity contribution in [3.8, 4) is 5.75 Å². The molecule has 1 N–H and O–H groups in total. The Hall–Kier alpha value is -1.07. The molecule has 0 saturated carbocycles. The molecule has 1 aliphatic heterocycles. The van der Waals surface area contributed by atoms with Crippen molar-refractivity contribution in [2.24, 2.45) is 5.92 Å². The van der Waals surface area contributed by atoms with Crippen molar-refractivity contribution in [1.82, 2.24) is 10.2 Å². The normalized spacial score (nSPS) is 18.9. The van der Waals surface area contributed by atoms with E-state index in [9.17, 15) is 4.79 Å². The fourth-order valence-corrected chi connectivity index (χ4v) is 3.06. The summed E-state index contributed by atoms with van der Waals surface area (Å²) >= 11 is 3.40. The molecule has 2 rings (SSSR count). The predicted octanol–water partition coefficient (Wildman–Crippen LogP) is 2.53. The third kappa shape index (κ3) is 3.52. The number of methoxy groups -OCH3 is 1. The zero-order valence-corrected chi connectivity index (χ0v) is 13.6. The number of rotatable bonds is 4. The molecule has 4 nitrogen and oxygen atoms in total. The highest BCUT2D eigenvalue weighted by Crippen LogP contribution is 2.26. The average molecular weight is 341 g/mol. The van der Waals surface area contributed by atoms with E-state index in [2.05, 4.69) is 21.2 Å². The van der Waals surface area contributed by atoms with Crippen molar-refractivity contribution in [2.75, 3.05) is 33.8 Å². The van der Waals surface area contributed by atoms with Gasteiger partial charge >= 0.3 is 0 Å². The Morgan fingerprint density at radius 2 is 2.35 bits per heavy atom. The maximum atomic E-state index is 12.7. The summed E-state index contributed by atoms with van der Waals surface area (Å²) in [7, 11) is 3.55. The number of nitrogens with zero attached hydrogens (tertiary/aromatic N) is 1. The van der Waals surface area contributed by atoms with Crippen LogP contribution in [-0.2, 0) is 0 Å². The second-order valence-corrected chi connectivity index (χ2v) is 6.08. The molecule has 1 aromatic rings. The summed E-state index contributed by atoms with van der Waals surface area (Å²) < 4.78 is 6.24. The van der Waals surface area contributed by atoms with Crippen molar-refractivity contribution < 1.29 is 9.53 Å². The highest BCUT2D eigenvalue weighted by atomic mass is 79.9. The van der Waals surface area contributed by atoms with Crippen LogP contribution in [0.25, 0.3) is 0 Å². The number of likely N-dealkylation sites (tertiary alicyclic amines) is 1. The van der Waals surface area contributed by atoms with Crippen LogP contribution in [0.1, 0.15) is 23.2 Å². The molecule has 0 bridgehead atoms. The predicted molar refractivity (Wildman–Crippen MR) is 83.2 cm³/mol. The van der Waals surface area contributed by atoms with Gasteiger partial charge in [0.05, 0.1) is 12.7 Å². The second-order valence-electron chi connectivity index (χ2n) is 5.16. The molecule has 20 heavy (non-hydrogen) atoms. The lowest BCUT2D eigenvalue weighted by molar-refractivity contribution is 0.0671. The molecular weight excluding hydrogens is 320 g/mol. The molecule has 0 unspecified atom stereocenters. The standard InChI is InChI=1S/C15H21BrN2O2/c1-17-9-11-4-3-7-18(10-11)15(19)13-6-5-12(16)8-14(13)20-2/h5-6,8,11,17H,3-4,7,9-10H2,1-2H3/t11-/m1/s1. The summed E-state index contributed by atoms with van der Waals surface area (Å²) in [6.07, 6.45) is 2.25. The molecule has 1 aromatic carbocycles. The Morgan fingerprint density at radius 3 is 3.05 bits per heavy atom. The number of halogens is 1. The summed E-state index contributed by atoms with van der Waals surface area (Å²) in [5, 5.41) is 3.20. The fraction of sp³-hybridized carbons (Fsp3) is 0.533. The summed E-state index contributed by atoms with van der Waals surface area (Å²) in [6.45, 7) is 2.61. The quantitative estimate of drug-likeness (QED) is 0.915. The third-order valence-electron chi connectivity index (χ3n) is 3.69. The molecule has 1 amide bonds. The van der Waals surface area contributed by atoms with E-state index in [1.165, 1.54) is 6.42 Å². The average Bonchev–Trinajstić information content (AvgIpc) is 2.47. The van der Waals surface area contributed by atoms with Crippen molar-refractivity contribution in [2.45, 2.75) is 12.8 Å². The van der Waals surface area contributed by atoms with Crippen molar-refractivity contribution >= 4 is 21.8 Å². The first kappa shape index (κ1) is 15.3. The van der Waals surface area contributed by atoms with E-state index in [0.29, 0.717) is 17.2 Å². The van der Waals surface area contributed by atoms with Gasteiger partial charge in [0.2, 0.25) is 0 Å². The Kier molecular flexibility index (Phi) is 5.43. The smallest absolute Gasteiger partial charge is 0.257 e. The molecule has 1 saturated heterocycles. The van der Waals surface area contributed by atoms with Gasteiger partial charge in [0.25, 0.3) is 5.91 Å². The number of hydrogen-bond acceptors (Lipinski definition) is 3. The highest BCUT2D eigenvalue weighted by molar-refractivity contribution is 9.10. The fourth-order valence-electron chi connectivity index (χ4n) is 2.72. The van der Waals surface area contributed by atoms with Gasteiger partial charge in [-0.1, -0.05) is 15.9 Å². The van der Waals surface area contributed by atoms with Gasteiger partial charge in [0.15, 0.2) is 0 Å². The molecule has 1 heterocycles. The molecule has 0 aliphatic carbocycles. The van der Waals surface area contributed by atoms with Crippen LogP contribution in [0.2, 0.25) is 0 Å². The van der Waals surface area contributed by atoms with Gasteiger partial charge < -0.3 is 15.0 Å². The van der Waals surface area contributed by atoms with E-state index >= 15 is 0 Å². The van der Waals surface area contributed by atoms with E-state index in [4.69, 9.17) is 4.74 Å². The summed E-state index contributed by atoms with van der Waals surface area (Å²) in [6, 6.07) is 5.54. The van der Waals surface area contributed by atoms with Gasteiger partial charge in [-0.25, -0.2) is 0 Å². The number of hydrogen-bond donors (Lipinski definition) is 1. The van der Waals surface area contributed by atoms with Crippen LogP contribution in [0, 0.1) is 5.92 Å². The Bertz CT molecular complexity index is 477. The Balaban J connectivity index is 2.14. The topological polar surface area (TPSA) is 41.6 Å². The van der Waals surface area contributed by atoms with Gasteiger partial charge in [-0.3, -0.25) is 4.79 Å². The number of piperidine rings is 1. The van der Waals surface area contributed by atoms with Crippen LogP contribution >= 0.6 is 15.9 Å². The molecule has 0 aromatic heterocycles. The van der Waals surface area contributed by atoms with E-state index in [1.54, 1.807) is 7.11 Å². The minimum Gasteiger partial charge on any atom is -0.496 e. The van der Waals surface area contributed by atoms with Gasteiger partial charge in [-0.05, 0) is 50.6 Å². The van der Waals surface area contributed by atoms with Crippen molar-refractivity contribution in [1.29, 1.82) is 0 Å². The zero-order chi connectivity index (χ0) is 14.5. The lowest BCUT2D eigenvalue weighted by Gasteiger charge is -2.33. The third-order valence-corrected chi connectivity index (χ3v) is 4.19.